The quantitative estimate of drug-likeness (QED) is 0.700. The Morgan fingerprint density at radius 2 is 2.08 bits per heavy atom. The van der Waals surface area contributed by atoms with Crippen molar-refractivity contribution in [3.8, 4) is 0 Å². The van der Waals surface area contributed by atoms with Gasteiger partial charge in [-0.15, -0.1) is 0 Å². The zero-order valence-corrected chi connectivity index (χ0v) is 7.74. The fraction of sp³-hybridized carbons (Fsp3) is 0.600. The molecule has 3 nitrogen and oxygen atoms in total. The molecule has 1 aliphatic rings. The third kappa shape index (κ3) is 3.01. The number of hydrogen-bond donors (Lipinski definition) is 1. The second kappa shape index (κ2) is 4.21. The summed E-state index contributed by atoms with van der Waals surface area (Å²) in [7, 11) is 0. The largest absolute Gasteiger partial charge is 0.354 e. The molecule has 1 heterocycles. The Morgan fingerprint density at radius 3 is 2.77 bits per heavy atom. The number of aromatic nitrogens is 2. The molecule has 0 bridgehead atoms. The van der Waals surface area contributed by atoms with Gasteiger partial charge < -0.3 is 5.32 Å². The molecule has 1 aromatic heterocycles. The maximum atomic E-state index is 4.09. The van der Waals surface area contributed by atoms with Gasteiger partial charge >= 0.3 is 0 Å². The molecule has 0 amide bonds. The molecule has 1 saturated carbocycles. The van der Waals surface area contributed by atoms with Crippen LogP contribution in [0.5, 0.6) is 0 Å². The second-order valence-electron chi connectivity index (χ2n) is 3.58. The van der Waals surface area contributed by atoms with Crippen LogP contribution in [-0.4, -0.2) is 16.5 Å². The molecule has 0 spiro atoms. The van der Waals surface area contributed by atoms with Gasteiger partial charge in [0.25, 0.3) is 0 Å². The van der Waals surface area contributed by atoms with Gasteiger partial charge in [-0.1, -0.05) is 12.8 Å². The average Bonchev–Trinajstić information content (AvgIpc) is 2.98. The van der Waals surface area contributed by atoms with Crippen LogP contribution in [0.4, 0.5) is 5.95 Å². The summed E-state index contributed by atoms with van der Waals surface area (Å²) < 4.78 is 0. The predicted octanol–water partition coefficient (Wildman–Crippen LogP) is 2.08. The van der Waals surface area contributed by atoms with Crippen molar-refractivity contribution in [2.75, 3.05) is 11.9 Å². The molecule has 0 radical (unpaired) electrons. The Labute approximate surface area is 78.6 Å². The van der Waals surface area contributed by atoms with Gasteiger partial charge in [-0.2, -0.15) is 0 Å². The zero-order chi connectivity index (χ0) is 8.93. The molecule has 70 valence electrons. The van der Waals surface area contributed by atoms with Crippen molar-refractivity contribution in [1.29, 1.82) is 0 Å². The molecule has 0 aliphatic heterocycles. The van der Waals surface area contributed by atoms with Crippen molar-refractivity contribution in [3.05, 3.63) is 18.5 Å². The normalized spacial score (nSPS) is 15.7. The van der Waals surface area contributed by atoms with Crippen molar-refractivity contribution in [2.24, 2.45) is 5.92 Å². The van der Waals surface area contributed by atoms with Crippen molar-refractivity contribution in [1.82, 2.24) is 9.97 Å². The van der Waals surface area contributed by atoms with Crippen LogP contribution < -0.4 is 5.32 Å². The first-order valence-electron chi connectivity index (χ1n) is 4.96. The maximum absolute atomic E-state index is 4.09. The zero-order valence-electron chi connectivity index (χ0n) is 7.74. The van der Waals surface area contributed by atoms with Crippen LogP contribution in [0.2, 0.25) is 0 Å². The summed E-state index contributed by atoms with van der Waals surface area (Å²) in [5.41, 5.74) is 0. The monoisotopic (exact) mass is 177 g/mol. The topological polar surface area (TPSA) is 37.8 Å². The number of hydrogen-bond acceptors (Lipinski definition) is 3. The van der Waals surface area contributed by atoms with E-state index in [1.807, 2.05) is 6.07 Å². The van der Waals surface area contributed by atoms with E-state index in [1.165, 1.54) is 25.7 Å². The Kier molecular flexibility index (Phi) is 2.75. The van der Waals surface area contributed by atoms with E-state index < -0.39 is 0 Å². The molecule has 1 aromatic rings. The van der Waals surface area contributed by atoms with E-state index in [2.05, 4.69) is 15.3 Å². The summed E-state index contributed by atoms with van der Waals surface area (Å²) in [5.74, 6) is 1.77. The lowest BCUT2D eigenvalue weighted by molar-refractivity contribution is 0.685. The molecule has 0 aromatic carbocycles. The average molecular weight is 177 g/mol. The van der Waals surface area contributed by atoms with Gasteiger partial charge in [0.2, 0.25) is 5.95 Å². The number of nitrogens with one attached hydrogen (secondary N) is 1. The minimum absolute atomic E-state index is 0.748. The second-order valence-corrected chi connectivity index (χ2v) is 3.58. The first-order valence-corrected chi connectivity index (χ1v) is 4.96. The van der Waals surface area contributed by atoms with Crippen LogP contribution in [0.25, 0.3) is 0 Å². The van der Waals surface area contributed by atoms with Crippen LogP contribution in [0.15, 0.2) is 18.5 Å². The lowest BCUT2D eigenvalue weighted by Gasteiger charge is -2.02. The third-order valence-electron chi connectivity index (χ3n) is 2.33. The van der Waals surface area contributed by atoms with Gasteiger partial charge in [-0.3, -0.25) is 0 Å². The Hall–Kier alpha value is -1.12. The van der Waals surface area contributed by atoms with Crippen LogP contribution in [-0.2, 0) is 0 Å². The molecular formula is C10H15N3. The molecule has 2 rings (SSSR count). The minimum Gasteiger partial charge on any atom is -0.354 e. The van der Waals surface area contributed by atoms with E-state index in [-0.39, 0.29) is 0 Å². The molecule has 0 atom stereocenters. The molecule has 1 N–H and O–H groups in total. The lowest BCUT2D eigenvalue weighted by atomic mass is 10.2. The molecule has 13 heavy (non-hydrogen) atoms. The Morgan fingerprint density at radius 1 is 1.31 bits per heavy atom. The highest BCUT2D eigenvalue weighted by atomic mass is 15.1. The van der Waals surface area contributed by atoms with E-state index in [4.69, 9.17) is 0 Å². The molecule has 3 heteroatoms. The van der Waals surface area contributed by atoms with Crippen molar-refractivity contribution in [3.63, 3.8) is 0 Å². The molecule has 0 unspecified atom stereocenters. The minimum atomic E-state index is 0.748. The fourth-order valence-electron chi connectivity index (χ4n) is 1.39. The predicted molar refractivity (Wildman–Crippen MR) is 52.5 cm³/mol. The third-order valence-corrected chi connectivity index (χ3v) is 2.33. The van der Waals surface area contributed by atoms with E-state index in [0.29, 0.717) is 0 Å². The fourth-order valence-corrected chi connectivity index (χ4v) is 1.39. The molecule has 1 aliphatic carbocycles. The highest BCUT2D eigenvalue weighted by molar-refractivity contribution is 5.21. The number of anilines is 1. The SMILES string of the molecule is c1cnc(NCCCC2CC2)nc1. The number of rotatable bonds is 5. The first-order chi connectivity index (χ1) is 6.45. The van der Waals surface area contributed by atoms with Gasteiger partial charge in [-0.05, 0) is 24.8 Å². The lowest BCUT2D eigenvalue weighted by Crippen LogP contribution is -2.04. The molecule has 0 saturated heterocycles. The maximum Gasteiger partial charge on any atom is 0.222 e. The van der Waals surface area contributed by atoms with Crippen LogP contribution in [0.3, 0.4) is 0 Å². The smallest absolute Gasteiger partial charge is 0.222 e. The van der Waals surface area contributed by atoms with Crippen molar-refractivity contribution in [2.45, 2.75) is 25.7 Å². The summed E-state index contributed by atoms with van der Waals surface area (Å²) in [6.45, 7) is 1.00. The summed E-state index contributed by atoms with van der Waals surface area (Å²) in [6, 6.07) is 1.83. The van der Waals surface area contributed by atoms with E-state index in [0.717, 1.165) is 18.4 Å². The Bertz CT molecular complexity index is 244. The van der Waals surface area contributed by atoms with E-state index in [1.54, 1.807) is 12.4 Å². The van der Waals surface area contributed by atoms with Gasteiger partial charge in [-0.25, -0.2) is 9.97 Å². The Balaban J connectivity index is 1.61. The van der Waals surface area contributed by atoms with Gasteiger partial charge in [0, 0.05) is 18.9 Å². The van der Waals surface area contributed by atoms with E-state index in [9.17, 15) is 0 Å². The van der Waals surface area contributed by atoms with E-state index >= 15 is 0 Å². The summed E-state index contributed by atoms with van der Waals surface area (Å²) in [5, 5.41) is 3.21. The number of nitrogens with zero attached hydrogens (tertiary/aromatic N) is 2. The first kappa shape index (κ1) is 8.48. The molecular weight excluding hydrogens is 162 g/mol. The standard InChI is InChI=1S/C10H15N3/c1(3-9-4-5-9)6-11-10-12-7-2-8-13-10/h2,7-9H,1,3-6H2,(H,11,12,13). The van der Waals surface area contributed by atoms with Crippen LogP contribution in [0.1, 0.15) is 25.7 Å². The van der Waals surface area contributed by atoms with Gasteiger partial charge in [0.05, 0.1) is 0 Å². The van der Waals surface area contributed by atoms with Crippen molar-refractivity contribution < 1.29 is 0 Å². The summed E-state index contributed by atoms with van der Waals surface area (Å²) in [4.78, 5) is 8.18. The van der Waals surface area contributed by atoms with Crippen LogP contribution in [0, 0.1) is 5.92 Å². The summed E-state index contributed by atoms with van der Waals surface area (Å²) in [6.07, 6.45) is 9.01. The van der Waals surface area contributed by atoms with Gasteiger partial charge in [0.1, 0.15) is 0 Å². The van der Waals surface area contributed by atoms with Crippen LogP contribution >= 0.6 is 0 Å². The highest BCUT2D eigenvalue weighted by Crippen LogP contribution is 2.33. The van der Waals surface area contributed by atoms with Crippen molar-refractivity contribution >= 4 is 5.95 Å². The van der Waals surface area contributed by atoms with Gasteiger partial charge in [0.15, 0.2) is 0 Å². The molecule has 1 fully saturated rings. The summed E-state index contributed by atoms with van der Waals surface area (Å²) >= 11 is 0. The highest BCUT2D eigenvalue weighted by Gasteiger charge is 2.19.